The van der Waals surface area contributed by atoms with Crippen molar-refractivity contribution in [2.75, 3.05) is 13.2 Å². The number of hydrogen-bond donors (Lipinski definition) is 0. The molecule has 1 aliphatic carbocycles. The number of carbonyl (C=O) groups excluding carboxylic acids is 1. The Bertz CT molecular complexity index is 939. The van der Waals surface area contributed by atoms with Gasteiger partial charge in [0.15, 0.2) is 0 Å². The highest BCUT2D eigenvalue weighted by Gasteiger charge is 2.18. The van der Waals surface area contributed by atoms with E-state index in [1.807, 2.05) is 13.8 Å². The van der Waals surface area contributed by atoms with Crippen molar-refractivity contribution >= 4 is 17.6 Å². The fraction of sp³-hybridized carbons (Fsp3) is 0.464. The van der Waals surface area contributed by atoms with Crippen molar-refractivity contribution in [1.29, 1.82) is 0 Å². The molecule has 31 heavy (non-hydrogen) atoms. The van der Waals surface area contributed by atoms with Crippen LogP contribution in [-0.4, -0.2) is 19.2 Å². The number of fused-ring (bicyclic) bond motifs is 1. The van der Waals surface area contributed by atoms with Crippen molar-refractivity contribution < 1.29 is 14.3 Å². The van der Waals surface area contributed by atoms with Gasteiger partial charge in [0.05, 0.1) is 19.1 Å². The SMILES string of the molecule is CCC(C)C(=O)OCCCCOc1ccc2c(c1)CC(c1ccc(C)cc1C(C)C)=C2. The molecule has 1 unspecified atom stereocenters. The van der Waals surface area contributed by atoms with E-state index >= 15 is 0 Å². The molecule has 0 saturated heterocycles. The van der Waals surface area contributed by atoms with Crippen LogP contribution in [0.5, 0.6) is 5.75 Å². The molecule has 0 aromatic heterocycles. The van der Waals surface area contributed by atoms with Gasteiger partial charge >= 0.3 is 5.97 Å². The van der Waals surface area contributed by atoms with Gasteiger partial charge in [0.1, 0.15) is 5.75 Å². The third kappa shape index (κ3) is 6.00. The number of rotatable bonds is 10. The highest BCUT2D eigenvalue weighted by molar-refractivity contribution is 5.90. The lowest BCUT2D eigenvalue weighted by Crippen LogP contribution is -2.14. The summed E-state index contributed by atoms with van der Waals surface area (Å²) in [5, 5.41) is 0. The molecule has 3 heteroatoms. The van der Waals surface area contributed by atoms with E-state index in [1.165, 1.54) is 33.4 Å². The number of hydrogen-bond acceptors (Lipinski definition) is 3. The lowest BCUT2D eigenvalue weighted by atomic mass is 9.90. The van der Waals surface area contributed by atoms with Gasteiger partial charge in [-0.3, -0.25) is 4.79 Å². The van der Waals surface area contributed by atoms with Crippen LogP contribution in [0.2, 0.25) is 0 Å². The fourth-order valence-corrected chi connectivity index (χ4v) is 3.91. The Hall–Kier alpha value is -2.55. The van der Waals surface area contributed by atoms with Crippen molar-refractivity contribution in [2.24, 2.45) is 5.92 Å². The molecule has 0 aliphatic heterocycles. The number of esters is 1. The zero-order valence-corrected chi connectivity index (χ0v) is 19.7. The number of carbonyl (C=O) groups is 1. The Morgan fingerprint density at radius 3 is 2.55 bits per heavy atom. The Balaban J connectivity index is 1.51. The maximum atomic E-state index is 11.7. The van der Waals surface area contributed by atoms with Crippen molar-refractivity contribution in [3.05, 3.63) is 64.2 Å². The first-order chi connectivity index (χ1) is 14.9. The molecule has 0 spiro atoms. The Morgan fingerprint density at radius 2 is 1.81 bits per heavy atom. The van der Waals surface area contributed by atoms with Crippen LogP contribution in [0.1, 0.15) is 80.7 Å². The van der Waals surface area contributed by atoms with Crippen molar-refractivity contribution in [2.45, 2.75) is 66.2 Å². The molecule has 0 radical (unpaired) electrons. The minimum absolute atomic E-state index is 0.0160. The molecule has 0 N–H and O–H groups in total. The Kier molecular flexibility index (Phi) is 7.95. The minimum atomic E-state index is -0.0976. The second-order valence-corrected chi connectivity index (χ2v) is 8.98. The van der Waals surface area contributed by atoms with Crippen molar-refractivity contribution in [3.63, 3.8) is 0 Å². The van der Waals surface area contributed by atoms with Crippen LogP contribution in [-0.2, 0) is 16.0 Å². The number of unbranched alkanes of at least 4 members (excludes halogenated alkanes) is 1. The second-order valence-electron chi connectivity index (χ2n) is 8.98. The van der Waals surface area contributed by atoms with Gasteiger partial charge in [-0.2, -0.15) is 0 Å². The van der Waals surface area contributed by atoms with Crippen molar-refractivity contribution in [1.82, 2.24) is 0 Å². The maximum absolute atomic E-state index is 11.7. The zero-order valence-electron chi connectivity index (χ0n) is 19.7. The van der Waals surface area contributed by atoms with E-state index in [0.717, 1.165) is 31.4 Å². The molecular weight excluding hydrogens is 384 g/mol. The van der Waals surface area contributed by atoms with Gasteiger partial charge in [0.25, 0.3) is 0 Å². The van der Waals surface area contributed by atoms with Crippen LogP contribution in [0.4, 0.5) is 0 Å². The maximum Gasteiger partial charge on any atom is 0.308 e. The van der Waals surface area contributed by atoms with E-state index in [1.54, 1.807) is 0 Å². The summed E-state index contributed by atoms with van der Waals surface area (Å²) in [4.78, 5) is 11.7. The van der Waals surface area contributed by atoms with E-state index in [2.05, 4.69) is 63.2 Å². The third-order valence-corrected chi connectivity index (χ3v) is 6.07. The van der Waals surface area contributed by atoms with Crippen LogP contribution >= 0.6 is 0 Å². The predicted octanol–water partition coefficient (Wildman–Crippen LogP) is 6.96. The summed E-state index contributed by atoms with van der Waals surface area (Å²) >= 11 is 0. The Morgan fingerprint density at radius 1 is 1.03 bits per heavy atom. The third-order valence-electron chi connectivity index (χ3n) is 6.07. The standard InChI is InChI=1S/C28H36O3/c1-6-21(5)28(29)31-14-8-7-13-30-25-11-10-22-16-24(17-23(22)18-25)26-12-9-20(4)15-27(26)19(2)3/h9-12,15-16,18-19,21H,6-8,13-14,17H2,1-5H3. The highest BCUT2D eigenvalue weighted by atomic mass is 16.5. The summed E-state index contributed by atoms with van der Waals surface area (Å²) in [6.07, 6.45) is 5.78. The smallest absolute Gasteiger partial charge is 0.308 e. The predicted molar refractivity (Wildman–Crippen MR) is 128 cm³/mol. The van der Waals surface area contributed by atoms with Gasteiger partial charge in [-0.1, -0.05) is 63.6 Å². The summed E-state index contributed by atoms with van der Waals surface area (Å²) in [5.41, 5.74) is 8.10. The second kappa shape index (κ2) is 10.7. The quantitative estimate of drug-likeness (QED) is 0.308. The molecule has 0 bridgehead atoms. The van der Waals surface area contributed by atoms with Crippen LogP contribution < -0.4 is 4.74 Å². The van der Waals surface area contributed by atoms with Gasteiger partial charge in [-0.15, -0.1) is 0 Å². The molecular formula is C28H36O3. The van der Waals surface area contributed by atoms with Crippen molar-refractivity contribution in [3.8, 4) is 5.75 Å². The first kappa shape index (κ1) is 23.1. The molecule has 2 aromatic rings. The van der Waals surface area contributed by atoms with Crippen LogP contribution in [0.25, 0.3) is 11.6 Å². The van der Waals surface area contributed by atoms with E-state index in [4.69, 9.17) is 9.47 Å². The first-order valence-electron chi connectivity index (χ1n) is 11.6. The molecule has 0 amide bonds. The molecule has 3 nitrogen and oxygen atoms in total. The summed E-state index contributed by atoms with van der Waals surface area (Å²) in [6.45, 7) is 11.7. The molecule has 0 saturated carbocycles. The summed E-state index contributed by atoms with van der Waals surface area (Å²) in [7, 11) is 0. The average Bonchev–Trinajstić information content (AvgIpc) is 3.18. The summed E-state index contributed by atoms with van der Waals surface area (Å²) in [5.74, 6) is 1.30. The largest absolute Gasteiger partial charge is 0.494 e. The lowest BCUT2D eigenvalue weighted by Gasteiger charge is -2.15. The number of allylic oxidation sites excluding steroid dienone is 1. The number of benzene rings is 2. The molecule has 1 atom stereocenters. The molecule has 1 aliphatic rings. The minimum Gasteiger partial charge on any atom is -0.494 e. The fourth-order valence-electron chi connectivity index (χ4n) is 3.91. The van der Waals surface area contributed by atoms with Crippen LogP contribution in [0.15, 0.2) is 36.4 Å². The van der Waals surface area contributed by atoms with Gasteiger partial charge < -0.3 is 9.47 Å². The Labute approximate surface area is 187 Å². The highest BCUT2D eigenvalue weighted by Crippen LogP contribution is 2.37. The molecule has 0 fully saturated rings. The number of aryl methyl sites for hydroxylation is 1. The van der Waals surface area contributed by atoms with Gasteiger partial charge in [-0.05, 0) is 78.5 Å². The van der Waals surface area contributed by atoms with Gasteiger partial charge in [-0.25, -0.2) is 0 Å². The monoisotopic (exact) mass is 420 g/mol. The van der Waals surface area contributed by atoms with Crippen LogP contribution in [0, 0.1) is 12.8 Å². The number of ether oxygens (including phenoxy) is 2. The molecule has 0 heterocycles. The van der Waals surface area contributed by atoms with E-state index in [0.29, 0.717) is 19.1 Å². The van der Waals surface area contributed by atoms with E-state index in [-0.39, 0.29) is 11.9 Å². The van der Waals surface area contributed by atoms with E-state index in [9.17, 15) is 4.79 Å². The average molecular weight is 421 g/mol. The van der Waals surface area contributed by atoms with E-state index < -0.39 is 0 Å². The molecule has 3 rings (SSSR count). The van der Waals surface area contributed by atoms with Crippen LogP contribution in [0.3, 0.4) is 0 Å². The topological polar surface area (TPSA) is 35.5 Å². The molecule has 2 aromatic carbocycles. The lowest BCUT2D eigenvalue weighted by molar-refractivity contribution is -0.148. The van der Waals surface area contributed by atoms with Gasteiger partial charge in [0, 0.05) is 0 Å². The van der Waals surface area contributed by atoms with Gasteiger partial charge in [0.2, 0.25) is 0 Å². The zero-order chi connectivity index (χ0) is 22.4. The molecule has 166 valence electrons. The summed E-state index contributed by atoms with van der Waals surface area (Å²) in [6, 6.07) is 13.2. The normalized spacial score (nSPS) is 13.7. The summed E-state index contributed by atoms with van der Waals surface area (Å²) < 4.78 is 11.3. The first-order valence-corrected chi connectivity index (χ1v) is 11.6.